The summed E-state index contributed by atoms with van der Waals surface area (Å²) < 4.78 is 7.40. The van der Waals surface area contributed by atoms with Crippen LogP contribution in [-0.4, -0.2) is 61.8 Å². The monoisotopic (exact) mass is 463 g/mol. The zero-order chi connectivity index (χ0) is 22.1. The minimum atomic E-state index is -1.35. The Labute approximate surface area is 190 Å². The van der Waals surface area contributed by atoms with Gasteiger partial charge < -0.3 is 29.7 Å². The smallest absolute Gasteiger partial charge is 0.119 e. The molecule has 2 aromatic carbocycles. The summed E-state index contributed by atoms with van der Waals surface area (Å²) in [6, 6.07) is 13.5. The number of nitrogens with zero attached hydrogens (tertiary/aromatic N) is 1. The summed E-state index contributed by atoms with van der Waals surface area (Å²) in [5, 5.41) is 41.1. The molecule has 1 saturated heterocycles. The first-order valence-corrected chi connectivity index (χ1v) is 11.6. The van der Waals surface area contributed by atoms with E-state index in [9.17, 15) is 20.4 Å². The molecule has 1 aliphatic heterocycles. The summed E-state index contributed by atoms with van der Waals surface area (Å²) >= 11 is 7.80. The van der Waals surface area contributed by atoms with Gasteiger partial charge in [-0.3, -0.25) is 0 Å². The van der Waals surface area contributed by atoms with Crippen LogP contribution in [0.2, 0.25) is 5.02 Å². The molecule has 1 fully saturated rings. The van der Waals surface area contributed by atoms with Crippen LogP contribution in [0.15, 0.2) is 48.7 Å². The molecule has 166 valence electrons. The van der Waals surface area contributed by atoms with Gasteiger partial charge in [-0.25, -0.2) is 0 Å². The molecule has 3 aromatic rings. The molecule has 0 unspecified atom stereocenters. The highest BCUT2D eigenvalue weighted by Crippen LogP contribution is 2.43. The Morgan fingerprint density at radius 3 is 2.45 bits per heavy atom. The molecule has 2 heterocycles. The van der Waals surface area contributed by atoms with Gasteiger partial charge in [0.25, 0.3) is 0 Å². The van der Waals surface area contributed by atoms with Crippen molar-refractivity contribution in [3.8, 4) is 5.75 Å². The van der Waals surface area contributed by atoms with E-state index in [1.807, 2.05) is 60.2 Å². The van der Waals surface area contributed by atoms with Crippen molar-refractivity contribution in [1.29, 1.82) is 0 Å². The van der Waals surface area contributed by atoms with Crippen molar-refractivity contribution >= 4 is 34.3 Å². The highest BCUT2D eigenvalue weighted by atomic mass is 35.5. The molecular weight excluding hydrogens is 438 g/mol. The first-order chi connectivity index (χ1) is 14.9. The summed E-state index contributed by atoms with van der Waals surface area (Å²) in [4.78, 5) is 0. The molecule has 4 N–H and O–H groups in total. The zero-order valence-electron chi connectivity index (χ0n) is 17.1. The Morgan fingerprint density at radius 2 is 1.77 bits per heavy atom. The van der Waals surface area contributed by atoms with E-state index < -0.39 is 28.9 Å². The maximum absolute atomic E-state index is 10.7. The van der Waals surface area contributed by atoms with Gasteiger partial charge in [0, 0.05) is 11.6 Å². The van der Waals surface area contributed by atoms with Gasteiger partial charge in [0.1, 0.15) is 23.3 Å². The third kappa shape index (κ3) is 4.31. The summed E-state index contributed by atoms with van der Waals surface area (Å²) in [5.74, 6) is 0.816. The lowest BCUT2D eigenvalue weighted by molar-refractivity contribution is -0.0764. The molecule has 8 heteroatoms. The number of fused-ring (bicyclic) bond motifs is 1. The lowest BCUT2D eigenvalue weighted by Crippen LogP contribution is -2.52. The fourth-order valence-electron chi connectivity index (χ4n) is 4.09. The van der Waals surface area contributed by atoms with Crippen molar-refractivity contribution in [3.63, 3.8) is 0 Å². The van der Waals surface area contributed by atoms with Crippen molar-refractivity contribution in [2.45, 2.75) is 42.3 Å². The third-order valence-electron chi connectivity index (χ3n) is 5.66. The van der Waals surface area contributed by atoms with Crippen LogP contribution in [0.1, 0.15) is 23.4 Å². The number of benzene rings is 2. The molecule has 31 heavy (non-hydrogen) atoms. The Bertz CT molecular complexity index is 1040. The zero-order valence-corrected chi connectivity index (χ0v) is 18.6. The fourth-order valence-corrected chi connectivity index (χ4v) is 5.78. The second kappa shape index (κ2) is 9.40. The minimum absolute atomic E-state index is 0.300. The Kier molecular flexibility index (Phi) is 6.81. The number of halogens is 1. The van der Waals surface area contributed by atoms with Gasteiger partial charge >= 0.3 is 0 Å². The summed E-state index contributed by atoms with van der Waals surface area (Å²) in [5.41, 5.74) is 2.90. The number of thioether (sulfide) groups is 1. The van der Waals surface area contributed by atoms with Crippen LogP contribution in [0.25, 0.3) is 10.9 Å². The minimum Gasteiger partial charge on any atom is -0.494 e. The Hall–Kier alpha value is -1.74. The summed E-state index contributed by atoms with van der Waals surface area (Å²) in [6.07, 6.45) is -1.19. The number of hydrogen-bond donors (Lipinski definition) is 4. The lowest BCUT2D eigenvalue weighted by Gasteiger charge is -2.40. The first kappa shape index (κ1) is 22.5. The van der Waals surface area contributed by atoms with Crippen LogP contribution in [0.4, 0.5) is 0 Å². The van der Waals surface area contributed by atoms with E-state index >= 15 is 0 Å². The molecule has 5 atom stereocenters. The number of hydrogen-bond acceptors (Lipinski definition) is 6. The molecule has 0 bridgehead atoms. The van der Waals surface area contributed by atoms with Crippen molar-refractivity contribution in [1.82, 2.24) is 4.57 Å². The fraction of sp³-hybridized carbons (Fsp3) is 0.391. The quantitative estimate of drug-likeness (QED) is 0.449. The predicted octanol–water partition coefficient (Wildman–Crippen LogP) is 2.97. The van der Waals surface area contributed by atoms with Crippen molar-refractivity contribution in [2.24, 2.45) is 0 Å². The van der Waals surface area contributed by atoms with Gasteiger partial charge in [0.05, 0.1) is 35.1 Å². The molecule has 0 aliphatic carbocycles. The maximum atomic E-state index is 10.7. The summed E-state index contributed by atoms with van der Waals surface area (Å²) in [7, 11) is 0. The predicted molar refractivity (Wildman–Crippen MR) is 123 cm³/mol. The highest BCUT2D eigenvalue weighted by Gasteiger charge is 2.44. The molecule has 1 aromatic heterocycles. The Balaban J connectivity index is 1.73. The van der Waals surface area contributed by atoms with Gasteiger partial charge in [0.15, 0.2) is 0 Å². The number of aliphatic hydroxyl groups excluding tert-OH is 4. The normalized spacial score (nSPS) is 26.3. The Morgan fingerprint density at radius 1 is 1.03 bits per heavy atom. The van der Waals surface area contributed by atoms with Gasteiger partial charge in [-0.2, -0.15) is 0 Å². The van der Waals surface area contributed by atoms with Crippen molar-refractivity contribution in [2.75, 3.05) is 13.2 Å². The van der Waals surface area contributed by atoms with Crippen LogP contribution in [-0.2, 0) is 6.42 Å². The lowest BCUT2D eigenvalue weighted by atomic mass is 10.0. The van der Waals surface area contributed by atoms with E-state index in [2.05, 4.69) is 0 Å². The molecular formula is C23H26ClNO5S. The van der Waals surface area contributed by atoms with Crippen LogP contribution in [0.3, 0.4) is 0 Å². The van der Waals surface area contributed by atoms with Crippen LogP contribution < -0.4 is 4.74 Å². The van der Waals surface area contributed by atoms with Crippen molar-refractivity contribution in [3.05, 3.63) is 64.8 Å². The SMILES string of the molecule is CCOc1ccc(Cc2cn([C@H]3S[C@@H](CO)[C@@H](O)[C@H](O)[C@H]3O)c3cccc(Cl)c23)cc1. The average Bonchev–Trinajstić information content (AvgIpc) is 3.13. The van der Waals surface area contributed by atoms with E-state index in [4.69, 9.17) is 16.3 Å². The number of rotatable bonds is 6. The second-order valence-electron chi connectivity index (χ2n) is 7.67. The van der Waals surface area contributed by atoms with Gasteiger partial charge in [-0.05, 0) is 48.7 Å². The number of ether oxygens (including phenoxy) is 1. The largest absolute Gasteiger partial charge is 0.494 e. The van der Waals surface area contributed by atoms with Gasteiger partial charge in [0.2, 0.25) is 0 Å². The molecule has 0 saturated carbocycles. The van der Waals surface area contributed by atoms with Gasteiger partial charge in [-0.15, -0.1) is 11.8 Å². The standard InChI is InChI=1S/C23H26ClNO5S/c1-2-30-15-8-6-13(7-9-15)10-14-11-25(17-5-3-4-16(24)19(14)17)23-22(29)21(28)20(27)18(12-26)31-23/h3-9,11,18,20-23,26-29H,2,10,12H2,1H3/t18-,20+,21-,22+,23-/m0/s1. The topological polar surface area (TPSA) is 95.1 Å². The van der Waals surface area contributed by atoms with E-state index in [-0.39, 0.29) is 6.61 Å². The number of aliphatic hydroxyl groups is 4. The van der Waals surface area contributed by atoms with Crippen LogP contribution >= 0.6 is 23.4 Å². The number of aromatic nitrogens is 1. The van der Waals surface area contributed by atoms with Gasteiger partial charge in [-0.1, -0.05) is 29.8 Å². The maximum Gasteiger partial charge on any atom is 0.119 e. The summed E-state index contributed by atoms with van der Waals surface area (Å²) in [6.45, 7) is 2.25. The first-order valence-electron chi connectivity index (χ1n) is 10.2. The van der Waals surface area contributed by atoms with Crippen LogP contribution in [0.5, 0.6) is 5.75 Å². The van der Waals surface area contributed by atoms with E-state index in [0.29, 0.717) is 18.1 Å². The molecule has 0 amide bonds. The molecule has 6 nitrogen and oxygen atoms in total. The van der Waals surface area contributed by atoms with E-state index in [0.717, 1.165) is 27.8 Å². The van der Waals surface area contributed by atoms with Crippen LogP contribution in [0, 0.1) is 0 Å². The molecule has 1 aliphatic rings. The molecule has 0 spiro atoms. The third-order valence-corrected chi connectivity index (χ3v) is 7.53. The van der Waals surface area contributed by atoms with Crippen molar-refractivity contribution < 1.29 is 25.2 Å². The second-order valence-corrected chi connectivity index (χ2v) is 9.44. The highest BCUT2D eigenvalue weighted by molar-refractivity contribution is 8.00. The molecule has 4 rings (SSSR count). The average molecular weight is 464 g/mol. The van der Waals surface area contributed by atoms with E-state index in [1.54, 1.807) is 0 Å². The van der Waals surface area contributed by atoms with E-state index in [1.165, 1.54) is 11.8 Å². The molecule has 0 radical (unpaired) electrons.